The van der Waals surface area contributed by atoms with Crippen molar-refractivity contribution in [3.8, 4) is 0 Å². The minimum absolute atomic E-state index is 0.0595. The normalized spacial score (nSPS) is 24.1. The van der Waals surface area contributed by atoms with Gasteiger partial charge in [0.25, 0.3) is 17.7 Å². The molecule has 0 saturated carbocycles. The molecule has 0 spiro atoms. The molecule has 17 nitrogen and oxygen atoms in total. The zero-order chi connectivity index (χ0) is 41.7. The summed E-state index contributed by atoms with van der Waals surface area (Å²) in [5.41, 5.74) is 9.33. The second kappa shape index (κ2) is 16.2. The van der Waals surface area contributed by atoms with E-state index >= 15 is 0 Å². The summed E-state index contributed by atoms with van der Waals surface area (Å²) in [6.07, 6.45) is 6.78. The van der Waals surface area contributed by atoms with Crippen LogP contribution in [0, 0.1) is 5.92 Å². The monoisotopic (exact) mass is 817 g/mol. The third-order valence-corrected chi connectivity index (χ3v) is 13.2. The molecule has 5 saturated heterocycles. The molecule has 1 aromatic heterocycles. The molecule has 4 N–H and O–H groups in total. The zero-order valence-electron chi connectivity index (χ0n) is 33.8. The highest BCUT2D eigenvalue weighted by molar-refractivity contribution is 6.23. The average Bonchev–Trinajstić information content (AvgIpc) is 3.93. The highest BCUT2D eigenvalue weighted by Crippen LogP contribution is 2.35. The zero-order valence-corrected chi connectivity index (χ0v) is 33.8. The number of benzene rings is 2. The molecule has 0 radical (unpaired) electrons. The number of amides is 7. The molecule has 7 amide bonds. The van der Waals surface area contributed by atoms with Gasteiger partial charge < -0.3 is 35.6 Å². The number of hydrogen-bond donors (Lipinski definition) is 3. The van der Waals surface area contributed by atoms with E-state index < -0.39 is 35.6 Å². The summed E-state index contributed by atoms with van der Waals surface area (Å²) < 4.78 is 0. The van der Waals surface area contributed by atoms with Gasteiger partial charge >= 0.3 is 6.03 Å². The lowest BCUT2D eigenvalue weighted by Crippen LogP contribution is -2.54. The largest absolute Gasteiger partial charge is 0.371 e. The van der Waals surface area contributed by atoms with Crippen LogP contribution in [0.5, 0.6) is 0 Å². The number of fused-ring (bicyclic) bond motifs is 1. The number of nitrogens with one attached hydrogen (secondary N) is 2. The summed E-state index contributed by atoms with van der Waals surface area (Å²) in [6, 6.07) is 12.8. The third-order valence-electron chi connectivity index (χ3n) is 13.2. The Morgan fingerprint density at radius 1 is 0.850 bits per heavy atom. The van der Waals surface area contributed by atoms with Crippen molar-refractivity contribution in [2.45, 2.75) is 62.9 Å². The number of anilines is 4. The van der Waals surface area contributed by atoms with Crippen LogP contribution < -0.4 is 26.2 Å². The highest BCUT2D eigenvalue weighted by atomic mass is 16.2. The van der Waals surface area contributed by atoms with Crippen LogP contribution in [-0.4, -0.2) is 143 Å². The Morgan fingerprint density at radius 2 is 1.63 bits per heavy atom. The van der Waals surface area contributed by atoms with Crippen molar-refractivity contribution in [1.82, 2.24) is 34.9 Å². The van der Waals surface area contributed by atoms with Crippen molar-refractivity contribution in [1.29, 1.82) is 0 Å². The molecule has 0 bridgehead atoms. The van der Waals surface area contributed by atoms with Gasteiger partial charge in [0.05, 0.1) is 23.4 Å². The van der Waals surface area contributed by atoms with Crippen molar-refractivity contribution in [3.63, 3.8) is 0 Å². The number of likely N-dealkylation sites (tertiary alicyclic amines) is 1. The molecule has 5 fully saturated rings. The SMILES string of the molecule is CN1CCN([C@@H]2CCCN(c3cnc(C(N)=O)c(Nc4ccc(C5CCN(C[C@@H]6CCN(c7ccc8c(c7)C(=O)N(C7CCC(=O)NC7=O)C8=O)C6)CC5)cc4)n3)C2)C1=O. The number of imide groups is 2. The Kier molecular flexibility index (Phi) is 10.6. The summed E-state index contributed by atoms with van der Waals surface area (Å²) in [5.74, 6) is -0.795. The van der Waals surface area contributed by atoms with Crippen LogP contribution in [-0.2, 0) is 9.59 Å². The van der Waals surface area contributed by atoms with Gasteiger partial charge in [0.1, 0.15) is 11.9 Å². The van der Waals surface area contributed by atoms with E-state index in [1.165, 1.54) is 5.56 Å². The number of carbonyl (C=O) groups is 6. The molecule has 7 heterocycles. The molecule has 3 aromatic rings. The summed E-state index contributed by atoms with van der Waals surface area (Å²) in [7, 11) is 1.83. The lowest BCUT2D eigenvalue weighted by atomic mass is 9.89. The molecule has 60 heavy (non-hydrogen) atoms. The van der Waals surface area contributed by atoms with E-state index in [0.29, 0.717) is 41.1 Å². The van der Waals surface area contributed by atoms with Gasteiger partial charge in [-0.3, -0.25) is 34.2 Å². The number of hydrogen-bond acceptors (Lipinski definition) is 12. The number of urea groups is 1. The molecule has 314 valence electrons. The molecular weight excluding hydrogens is 767 g/mol. The molecule has 6 aliphatic rings. The smallest absolute Gasteiger partial charge is 0.320 e. The van der Waals surface area contributed by atoms with Crippen LogP contribution in [0.25, 0.3) is 0 Å². The van der Waals surface area contributed by atoms with Crippen LogP contribution >= 0.6 is 0 Å². The van der Waals surface area contributed by atoms with E-state index in [1.54, 1.807) is 23.2 Å². The minimum atomic E-state index is -0.977. The Bertz CT molecular complexity index is 2230. The van der Waals surface area contributed by atoms with Crippen molar-refractivity contribution in [2.75, 3.05) is 81.1 Å². The number of likely N-dealkylation sites (N-methyl/N-ethyl adjacent to an activating group) is 1. The lowest BCUT2D eigenvalue weighted by molar-refractivity contribution is -0.136. The van der Waals surface area contributed by atoms with Crippen molar-refractivity contribution in [2.24, 2.45) is 11.7 Å². The molecule has 1 unspecified atom stereocenters. The van der Waals surface area contributed by atoms with Gasteiger partial charge in [-0.1, -0.05) is 12.1 Å². The first-order valence-electron chi connectivity index (χ1n) is 21.1. The topological polar surface area (TPSA) is 198 Å². The summed E-state index contributed by atoms with van der Waals surface area (Å²) in [5, 5.41) is 5.54. The second-order valence-electron chi connectivity index (χ2n) is 17.0. The van der Waals surface area contributed by atoms with Crippen LogP contribution in [0.4, 0.5) is 27.8 Å². The van der Waals surface area contributed by atoms with E-state index in [1.807, 2.05) is 30.1 Å². The molecule has 3 atom stereocenters. The second-order valence-corrected chi connectivity index (χ2v) is 17.0. The Labute approximate surface area is 348 Å². The highest BCUT2D eigenvalue weighted by Gasteiger charge is 2.45. The van der Waals surface area contributed by atoms with Gasteiger partial charge in [0.2, 0.25) is 11.8 Å². The predicted molar refractivity (Wildman–Crippen MR) is 222 cm³/mol. The average molecular weight is 818 g/mol. The Hall–Kier alpha value is -6.10. The number of aromatic nitrogens is 2. The maximum atomic E-state index is 13.4. The summed E-state index contributed by atoms with van der Waals surface area (Å²) in [4.78, 5) is 96.6. The van der Waals surface area contributed by atoms with Crippen molar-refractivity contribution < 1.29 is 28.8 Å². The van der Waals surface area contributed by atoms with E-state index in [2.05, 4.69) is 42.5 Å². The van der Waals surface area contributed by atoms with E-state index in [9.17, 15) is 28.8 Å². The van der Waals surface area contributed by atoms with Crippen LogP contribution in [0.1, 0.15) is 87.6 Å². The number of rotatable bonds is 10. The first-order valence-corrected chi connectivity index (χ1v) is 21.1. The third kappa shape index (κ3) is 7.61. The maximum Gasteiger partial charge on any atom is 0.320 e. The molecule has 17 heteroatoms. The number of carbonyl (C=O) groups excluding carboxylic acids is 6. The fraction of sp³-hybridized carbons (Fsp3) is 0.488. The fourth-order valence-corrected chi connectivity index (χ4v) is 9.89. The maximum absolute atomic E-state index is 13.4. The van der Waals surface area contributed by atoms with Gasteiger partial charge in [-0.2, -0.15) is 0 Å². The standard InChI is InChI=1S/C43H51N11O6/c1-49-19-20-53(43(49)60)31-3-2-15-52(25-31)35-22-45-37(38(44)56)39(47-35)46-29-6-4-27(5-7-29)28-13-16-50(17-14-28)23-26-12-18-51(24-26)30-8-9-32-33(21-30)42(59)54(41(32)58)34-10-11-36(55)48-40(34)57/h4-9,21-22,26,28,31,34H,2-3,10-20,23-25H2,1H3,(H2,44,56)(H,46,47)(H,48,55,57)/t26-,31+,34?/m0/s1. The molecule has 6 aliphatic heterocycles. The number of nitrogens with zero attached hydrogens (tertiary/aromatic N) is 8. The Morgan fingerprint density at radius 3 is 2.37 bits per heavy atom. The predicted octanol–water partition coefficient (Wildman–Crippen LogP) is 2.76. The number of primary amides is 1. The fourth-order valence-electron chi connectivity index (χ4n) is 9.89. The first kappa shape index (κ1) is 39.4. The lowest BCUT2D eigenvalue weighted by Gasteiger charge is -2.37. The first-order chi connectivity index (χ1) is 29.0. The summed E-state index contributed by atoms with van der Waals surface area (Å²) in [6.45, 7) is 7.57. The van der Waals surface area contributed by atoms with Gasteiger partial charge in [-0.15, -0.1) is 0 Å². The van der Waals surface area contributed by atoms with Gasteiger partial charge in [0.15, 0.2) is 11.5 Å². The van der Waals surface area contributed by atoms with E-state index in [4.69, 9.17) is 10.7 Å². The number of nitrogens with two attached hydrogens (primary N) is 1. The van der Waals surface area contributed by atoms with Crippen molar-refractivity contribution in [3.05, 3.63) is 71.0 Å². The summed E-state index contributed by atoms with van der Waals surface area (Å²) >= 11 is 0. The van der Waals surface area contributed by atoms with Gasteiger partial charge in [0, 0.05) is 70.7 Å². The number of piperidine rings is 3. The molecule has 2 aromatic carbocycles. The van der Waals surface area contributed by atoms with E-state index in [0.717, 1.165) is 101 Å². The Balaban J connectivity index is 0.771. The quantitative estimate of drug-likeness (QED) is 0.254. The molecular formula is C43H51N11O6. The van der Waals surface area contributed by atoms with Gasteiger partial charge in [-0.25, -0.2) is 14.8 Å². The van der Waals surface area contributed by atoms with Gasteiger partial charge in [-0.05, 0) is 99.3 Å². The van der Waals surface area contributed by atoms with Crippen LogP contribution in [0.15, 0.2) is 48.7 Å². The van der Waals surface area contributed by atoms with E-state index in [-0.39, 0.29) is 30.6 Å². The minimum Gasteiger partial charge on any atom is -0.371 e. The van der Waals surface area contributed by atoms with Crippen LogP contribution in [0.3, 0.4) is 0 Å². The van der Waals surface area contributed by atoms with Crippen LogP contribution in [0.2, 0.25) is 0 Å². The molecule has 9 rings (SSSR count). The van der Waals surface area contributed by atoms with Crippen molar-refractivity contribution >= 4 is 58.6 Å². The molecule has 0 aliphatic carbocycles.